The van der Waals surface area contributed by atoms with E-state index in [4.69, 9.17) is 0 Å². The van der Waals surface area contributed by atoms with Gasteiger partial charge in [0.1, 0.15) is 12.7 Å². The number of carbonyl (C=O) groups is 1. The number of anilines is 2. The van der Waals surface area contributed by atoms with Crippen molar-refractivity contribution in [2.24, 2.45) is 0 Å². The summed E-state index contributed by atoms with van der Waals surface area (Å²) in [6, 6.07) is 16.3. The molecule has 27 heavy (non-hydrogen) atoms. The van der Waals surface area contributed by atoms with E-state index in [0.29, 0.717) is 11.6 Å². The minimum absolute atomic E-state index is 0.0583. The van der Waals surface area contributed by atoms with Gasteiger partial charge in [-0.05, 0) is 55.7 Å². The maximum Gasteiger partial charge on any atom is 0.258 e. The maximum absolute atomic E-state index is 13.3. The molecule has 3 aromatic rings. The molecule has 1 unspecified atom stereocenters. The van der Waals surface area contributed by atoms with Crippen LogP contribution in [0.15, 0.2) is 61.2 Å². The Morgan fingerprint density at radius 2 is 1.67 bits per heavy atom. The van der Waals surface area contributed by atoms with E-state index in [0.717, 1.165) is 30.9 Å². The second-order valence-corrected chi connectivity index (χ2v) is 7.16. The van der Waals surface area contributed by atoms with Crippen molar-refractivity contribution in [3.8, 4) is 5.69 Å². The summed E-state index contributed by atoms with van der Waals surface area (Å²) in [6.45, 7) is 1.83. The number of benzene rings is 2. The summed E-state index contributed by atoms with van der Waals surface area (Å²) < 4.78 is 1.82. The van der Waals surface area contributed by atoms with Crippen LogP contribution in [0.25, 0.3) is 5.69 Å². The van der Waals surface area contributed by atoms with Crippen molar-refractivity contribution in [3.05, 3.63) is 66.7 Å². The zero-order chi connectivity index (χ0) is 18.2. The Hall–Kier alpha value is -3.15. The highest BCUT2D eigenvalue weighted by Crippen LogP contribution is 2.39. The van der Waals surface area contributed by atoms with Gasteiger partial charge < -0.3 is 9.80 Å². The number of carbonyl (C=O) groups excluding carboxylic acids is 1. The van der Waals surface area contributed by atoms with E-state index < -0.39 is 0 Å². The Balaban J connectivity index is 1.47. The highest BCUT2D eigenvalue weighted by molar-refractivity contribution is 6.08. The van der Waals surface area contributed by atoms with Crippen LogP contribution in [0.5, 0.6) is 0 Å². The molecule has 0 radical (unpaired) electrons. The van der Waals surface area contributed by atoms with Crippen LogP contribution in [0.4, 0.5) is 11.4 Å². The number of nitrogens with zero attached hydrogens (tertiary/aromatic N) is 5. The van der Waals surface area contributed by atoms with Crippen LogP contribution >= 0.6 is 0 Å². The van der Waals surface area contributed by atoms with Crippen LogP contribution in [-0.4, -0.2) is 39.8 Å². The number of rotatable bonds is 2. The molecule has 0 N–H and O–H groups in total. The predicted octanol–water partition coefficient (Wildman–Crippen LogP) is 3.29. The summed E-state index contributed by atoms with van der Waals surface area (Å²) in [5, 5.41) is 7.65. The van der Waals surface area contributed by atoms with Crippen LogP contribution in [0.1, 0.15) is 29.6 Å². The first kappa shape index (κ1) is 16.1. The van der Waals surface area contributed by atoms with E-state index in [1.165, 1.54) is 18.5 Å². The van der Waals surface area contributed by atoms with Gasteiger partial charge in [-0.1, -0.05) is 12.1 Å². The van der Waals surface area contributed by atoms with Gasteiger partial charge in [0.15, 0.2) is 0 Å². The monoisotopic (exact) mass is 359 g/mol. The molecular weight excluding hydrogens is 338 g/mol. The van der Waals surface area contributed by atoms with E-state index in [1.54, 1.807) is 12.7 Å². The first-order valence-corrected chi connectivity index (χ1v) is 9.44. The summed E-state index contributed by atoms with van der Waals surface area (Å²) in [4.78, 5) is 17.7. The molecule has 1 aromatic heterocycles. The van der Waals surface area contributed by atoms with Crippen molar-refractivity contribution in [1.29, 1.82) is 0 Å². The number of para-hydroxylation sites is 2. The van der Waals surface area contributed by atoms with Gasteiger partial charge in [-0.25, -0.2) is 0 Å². The van der Waals surface area contributed by atoms with E-state index in [1.807, 2.05) is 39.8 Å². The molecular formula is C21H21N5O. The number of amides is 1. The molecule has 6 heteroatoms. The normalized spacial score (nSPS) is 18.7. The Morgan fingerprint density at radius 1 is 0.926 bits per heavy atom. The molecule has 0 aliphatic carbocycles. The molecule has 0 spiro atoms. The second-order valence-electron chi connectivity index (χ2n) is 7.16. The fourth-order valence-electron chi connectivity index (χ4n) is 4.21. The molecule has 0 saturated carbocycles. The zero-order valence-corrected chi connectivity index (χ0v) is 15.0. The van der Waals surface area contributed by atoms with Crippen molar-refractivity contribution in [3.63, 3.8) is 0 Å². The molecule has 136 valence electrons. The fraction of sp³-hybridized carbons (Fsp3) is 0.286. The topological polar surface area (TPSA) is 54.3 Å². The van der Waals surface area contributed by atoms with Gasteiger partial charge in [0.25, 0.3) is 5.91 Å². The van der Waals surface area contributed by atoms with Crippen LogP contribution < -0.4 is 9.80 Å². The third-order valence-electron chi connectivity index (χ3n) is 5.58. The predicted molar refractivity (Wildman–Crippen MR) is 104 cm³/mol. The fourth-order valence-corrected chi connectivity index (χ4v) is 4.21. The first-order valence-electron chi connectivity index (χ1n) is 9.44. The van der Waals surface area contributed by atoms with Crippen LogP contribution in [-0.2, 0) is 0 Å². The summed E-state index contributed by atoms with van der Waals surface area (Å²) in [5.41, 5.74) is 3.84. The lowest BCUT2D eigenvalue weighted by Gasteiger charge is -2.46. The van der Waals surface area contributed by atoms with Gasteiger partial charge >= 0.3 is 0 Å². The number of fused-ring (bicyclic) bond motifs is 3. The summed E-state index contributed by atoms with van der Waals surface area (Å²) >= 11 is 0. The Bertz CT molecular complexity index is 951. The smallest absolute Gasteiger partial charge is 0.258 e. The van der Waals surface area contributed by atoms with Crippen molar-refractivity contribution in [2.45, 2.75) is 25.3 Å². The van der Waals surface area contributed by atoms with Crippen molar-refractivity contribution in [1.82, 2.24) is 14.8 Å². The molecule has 2 aliphatic heterocycles. The molecule has 3 heterocycles. The summed E-state index contributed by atoms with van der Waals surface area (Å²) in [5.74, 6) is 0.0583. The lowest BCUT2D eigenvalue weighted by atomic mass is 9.96. The third kappa shape index (κ3) is 2.77. The molecule has 2 aromatic carbocycles. The van der Waals surface area contributed by atoms with E-state index in [2.05, 4.69) is 33.3 Å². The van der Waals surface area contributed by atoms with E-state index in [-0.39, 0.29) is 5.91 Å². The average molecular weight is 359 g/mol. The SMILES string of the molecule is O=C(c1ccc(-n2cnnc2)cc1)N1CC2CCCCN2c2ccccc21. The van der Waals surface area contributed by atoms with Gasteiger partial charge in [-0.2, -0.15) is 0 Å². The quantitative estimate of drug-likeness (QED) is 0.705. The van der Waals surface area contributed by atoms with Crippen molar-refractivity contribution < 1.29 is 4.79 Å². The molecule has 2 aliphatic rings. The van der Waals surface area contributed by atoms with Gasteiger partial charge in [0, 0.05) is 30.4 Å². The van der Waals surface area contributed by atoms with Gasteiger partial charge in [0.2, 0.25) is 0 Å². The molecule has 1 saturated heterocycles. The standard InChI is InChI=1S/C21H21N5O/c27-21(16-8-10-17(11-9-16)24-14-22-23-15-24)26-13-18-5-3-4-12-25(18)19-6-1-2-7-20(19)26/h1-2,6-11,14-15,18H,3-5,12-13H2. The van der Waals surface area contributed by atoms with Crippen LogP contribution in [0.3, 0.4) is 0 Å². The largest absolute Gasteiger partial charge is 0.365 e. The highest BCUT2D eigenvalue weighted by Gasteiger charge is 2.34. The average Bonchev–Trinajstić information content (AvgIpc) is 3.28. The highest BCUT2D eigenvalue weighted by atomic mass is 16.2. The molecule has 5 rings (SSSR count). The lowest BCUT2D eigenvalue weighted by molar-refractivity contribution is 0.0982. The minimum Gasteiger partial charge on any atom is -0.365 e. The molecule has 1 atom stereocenters. The molecule has 1 amide bonds. The number of hydrogen-bond donors (Lipinski definition) is 0. The van der Waals surface area contributed by atoms with Crippen molar-refractivity contribution in [2.75, 3.05) is 22.9 Å². The Kier molecular flexibility index (Phi) is 3.89. The van der Waals surface area contributed by atoms with Crippen molar-refractivity contribution >= 4 is 17.3 Å². The summed E-state index contributed by atoms with van der Waals surface area (Å²) in [7, 11) is 0. The number of piperidine rings is 1. The van der Waals surface area contributed by atoms with E-state index >= 15 is 0 Å². The minimum atomic E-state index is 0.0583. The Morgan fingerprint density at radius 3 is 2.44 bits per heavy atom. The molecule has 6 nitrogen and oxygen atoms in total. The van der Waals surface area contributed by atoms with Gasteiger partial charge in [-0.15, -0.1) is 10.2 Å². The number of aromatic nitrogens is 3. The number of hydrogen-bond acceptors (Lipinski definition) is 4. The van der Waals surface area contributed by atoms with Gasteiger partial charge in [0.05, 0.1) is 11.4 Å². The summed E-state index contributed by atoms with van der Waals surface area (Å²) in [6.07, 6.45) is 6.90. The van der Waals surface area contributed by atoms with E-state index in [9.17, 15) is 4.79 Å². The molecule has 0 bridgehead atoms. The Labute approximate surface area is 158 Å². The maximum atomic E-state index is 13.3. The second kappa shape index (κ2) is 6.54. The first-order chi connectivity index (χ1) is 13.3. The van der Waals surface area contributed by atoms with Gasteiger partial charge in [-0.3, -0.25) is 9.36 Å². The van der Waals surface area contributed by atoms with Crippen LogP contribution in [0.2, 0.25) is 0 Å². The zero-order valence-electron chi connectivity index (χ0n) is 15.0. The lowest BCUT2D eigenvalue weighted by Crippen LogP contribution is -2.52. The third-order valence-corrected chi connectivity index (χ3v) is 5.58. The molecule has 1 fully saturated rings. The van der Waals surface area contributed by atoms with Crippen LogP contribution in [0, 0.1) is 0 Å².